The number of ether oxygens (including phenoxy) is 1. The number of rotatable bonds is 3. The molecule has 1 aliphatic heterocycles. The molecule has 0 aliphatic carbocycles. The van der Waals surface area contributed by atoms with Crippen molar-refractivity contribution in [3.63, 3.8) is 0 Å². The Bertz CT molecular complexity index is 813. The summed E-state index contributed by atoms with van der Waals surface area (Å²) in [6.45, 7) is 1.30. The Balaban J connectivity index is 1.48. The second kappa shape index (κ2) is 6.31. The summed E-state index contributed by atoms with van der Waals surface area (Å²) < 4.78 is 5.85. The SMILES string of the molecule is O=C(c1cc2ccccc2[nH]1)N1CCCC(Oc2cccnn2)C1. The summed E-state index contributed by atoms with van der Waals surface area (Å²) in [4.78, 5) is 17.8. The Hall–Kier alpha value is -2.89. The zero-order chi connectivity index (χ0) is 16.4. The van der Waals surface area contributed by atoms with Crippen LogP contribution in [0.5, 0.6) is 5.88 Å². The minimum atomic E-state index is -0.0521. The maximum Gasteiger partial charge on any atom is 0.270 e. The van der Waals surface area contributed by atoms with Crippen LogP contribution in [0, 0.1) is 0 Å². The van der Waals surface area contributed by atoms with Gasteiger partial charge in [0.2, 0.25) is 5.88 Å². The van der Waals surface area contributed by atoms with Crippen molar-refractivity contribution in [3.05, 3.63) is 54.4 Å². The molecule has 1 atom stereocenters. The summed E-state index contributed by atoms with van der Waals surface area (Å²) in [5.41, 5.74) is 1.60. The van der Waals surface area contributed by atoms with E-state index in [1.807, 2.05) is 35.2 Å². The van der Waals surface area contributed by atoms with Gasteiger partial charge in [-0.15, -0.1) is 5.10 Å². The zero-order valence-electron chi connectivity index (χ0n) is 13.2. The minimum Gasteiger partial charge on any atom is -0.471 e. The number of aromatic nitrogens is 3. The topological polar surface area (TPSA) is 71.1 Å². The molecule has 1 aromatic carbocycles. The molecule has 2 aromatic heterocycles. The Kier molecular flexibility index (Phi) is 3.86. The highest BCUT2D eigenvalue weighted by Gasteiger charge is 2.26. The summed E-state index contributed by atoms with van der Waals surface area (Å²) in [6, 6.07) is 13.4. The summed E-state index contributed by atoms with van der Waals surface area (Å²) in [6.07, 6.45) is 3.38. The molecule has 0 bridgehead atoms. The zero-order valence-corrected chi connectivity index (χ0v) is 13.2. The van der Waals surface area contributed by atoms with Gasteiger partial charge >= 0.3 is 0 Å². The van der Waals surface area contributed by atoms with Gasteiger partial charge in [0.1, 0.15) is 11.8 Å². The maximum absolute atomic E-state index is 12.8. The lowest BCUT2D eigenvalue weighted by Crippen LogP contribution is -2.44. The van der Waals surface area contributed by atoms with Gasteiger partial charge in [-0.1, -0.05) is 18.2 Å². The second-order valence-corrected chi connectivity index (χ2v) is 5.97. The van der Waals surface area contributed by atoms with Crippen molar-refractivity contribution < 1.29 is 9.53 Å². The summed E-state index contributed by atoms with van der Waals surface area (Å²) in [5.74, 6) is 0.515. The van der Waals surface area contributed by atoms with E-state index in [9.17, 15) is 4.79 Å². The first kappa shape index (κ1) is 14.7. The van der Waals surface area contributed by atoms with Crippen LogP contribution in [-0.4, -0.2) is 45.2 Å². The molecule has 1 saturated heterocycles. The van der Waals surface area contributed by atoms with E-state index >= 15 is 0 Å². The number of fused-ring (bicyclic) bond motifs is 1. The van der Waals surface area contributed by atoms with E-state index in [0.29, 0.717) is 18.1 Å². The minimum absolute atomic E-state index is 0.0126. The van der Waals surface area contributed by atoms with Crippen molar-refractivity contribution in [1.82, 2.24) is 20.1 Å². The lowest BCUT2D eigenvalue weighted by molar-refractivity contribution is 0.0521. The molecule has 1 amide bonds. The number of aromatic amines is 1. The molecule has 0 saturated carbocycles. The molecule has 4 rings (SSSR count). The molecule has 3 aromatic rings. The first-order valence-corrected chi connectivity index (χ1v) is 8.11. The van der Waals surface area contributed by atoms with Crippen LogP contribution in [0.1, 0.15) is 23.3 Å². The van der Waals surface area contributed by atoms with Gasteiger partial charge < -0.3 is 14.6 Å². The fraction of sp³-hybridized carbons (Fsp3) is 0.278. The number of H-pyrrole nitrogens is 1. The molecule has 3 heterocycles. The van der Waals surface area contributed by atoms with Crippen molar-refractivity contribution in [1.29, 1.82) is 0 Å². The maximum atomic E-state index is 12.8. The normalized spacial score (nSPS) is 17.8. The van der Waals surface area contributed by atoms with E-state index in [1.54, 1.807) is 18.3 Å². The summed E-state index contributed by atoms with van der Waals surface area (Å²) >= 11 is 0. The van der Waals surface area contributed by atoms with Gasteiger partial charge in [-0.25, -0.2) is 0 Å². The van der Waals surface area contributed by atoms with Crippen molar-refractivity contribution in [2.75, 3.05) is 13.1 Å². The van der Waals surface area contributed by atoms with Crippen molar-refractivity contribution in [2.24, 2.45) is 0 Å². The summed E-state index contributed by atoms with van der Waals surface area (Å²) in [5, 5.41) is 8.81. The van der Waals surface area contributed by atoms with Crippen LogP contribution < -0.4 is 4.74 Å². The van der Waals surface area contributed by atoms with Crippen LogP contribution in [0.4, 0.5) is 0 Å². The van der Waals surface area contributed by atoms with Crippen LogP contribution in [-0.2, 0) is 0 Å². The Morgan fingerprint density at radius 1 is 1.25 bits per heavy atom. The number of amides is 1. The first-order chi connectivity index (χ1) is 11.8. The van der Waals surface area contributed by atoms with Gasteiger partial charge in [-0.2, -0.15) is 5.10 Å². The highest BCUT2D eigenvalue weighted by molar-refractivity contribution is 5.98. The van der Waals surface area contributed by atoms with Gasteiger partial charge in [-0.05, 0) is 31.0 Å². The van der Waals surface area contributed by atoms with E-state index < -0.39 is 0 Å². The third-order valence-corrected chi connectivity index (χ3v) is 4.26. The van der Waals surface area contributed by atoms with Gasteiger partial charge in [0, 0.05) is 29.7 Å². The third-order valence-electron chi connectivity index (χ3n) is 4.26. The van der Waals surface area contributed by atoms with E-state index in [1.165, 1.54) is 0 Å². The highest BCUT2D eigenvalue weighted by atomic mass is 16.5. The number of hydrogen-bond acceptors (Lipinski definition) is 4. The van der Waals surface area contributed by atoms with E-state index in [2.05, 4.69) is 15.2 Å². The number of hydrogen-bond donors (Lipinski definition) is 1. The average Bonchev–Trinajstić information content (AvgIpc) is 3.06. The number of para-hydroxylation sites is 1. The van der Waals surface area contributed by atoms with E-state index in [-0.39, 0.29) is 12.0 Å². The van der Waals surface area contributed by atoms with Crippen LogP contribution in [0.25, 0.3) is 10.9 Å². The van der Waals surface area contributed by atoms with Crippen molar-refractivity contribution in [2.45, 2.75) is 18.9 Å². The van der Waals surface area contributed by atoms with Crippen molar-refractivity contribution >= 4 is 16.8 Å². The van der Waals surface area contributed by atoms with Gasteiger partial charge in [-0.3, -0.25) is 4.79 Å². The molecule has 0 spiro atoms. The lowest BCUT2D eigenvalue weighted by Gasteiger charge is -2.32. The number of nitrogens with zero attached hydrogens (tertiary/aromatic N) is 3. The Morgan fingerprint density at radius 2 is 2.17 bits per heavy atom. The fourth-order valence-corrected chi connectivity index (χ4v) is 3.10. The van der Waals surface area contributed by atoms with Gasteiger partial charge in [0.15, 0.2) is 0 Å². The molecule has 6 nitrogen and oxygen atoms in total. The quantitative estimate of drug-likeness (QED) is 0.805. The van der Waals surface area contributed by atoms with Gasteiger partial charge in [0.05, 0.1) is 6.54 Å². The van der Waals surface area contributed by atoms with Crippen molar-refractivity contribution in [3.8, 4) is 5.88 Å². The molecule has 1 aliphatic rings. The van der Waals surface area contributed by atoms with Gasteiger partial charge in [0.25, 0.3) is 5.91 Å². The second-order valence-electron chi connectivity index (χ2n) is 5.97. The Labute approximate surface area is 139 Å². The number of nitrogens with one attached hydrogen (secondary N) is 1. The average molecular weight is 322 g/mol. The Morgan fingerprint density at radius 3 is 3.00 bits per heavy atom. The monoisotopic (exact) mass is 322 g/mol. The molecule has 6 heteroatoms. The number of likely N-dealkylation sites (tertiary alicyclic amines) is 1. The van der Waals surface area contributed by atoms with Crippen LogP contribution in [0.2, 0.25) is 0 Å². The molecule has 1 fully saturated rings. The molecular weight excluding hydrogens is 304 g/mol. The molecule has 1 unspecified atom stereocenters. The van der Waals surface area contributed by atoms with Crippen LogP contribution >= 0.6 is 0 Å². The number of benzene rings is 1. The lowest BCUT2D eigenvalue weighted by atomic mass is 10.1. The van der Waals surface area contributed by atoms with E-state index in [0.717, 1.165) is 30.3 Å². The predicted molar refractivity (Wildman–Crippen MR) is 89.9 cm³/mol. The molecular formula is C18H18N4O2. The van der Waals surface area contributed by atoms with E-state index in [4.69, 9.17) is 4.74 Å². The predicted octanol–water partition coefficient (Wildman–Crippen LogP) is 2.64. The number of carbonyl (C=O) groups excluding carboxylic acids is 1. The number of carbonyl (C=O) groups is 1. The third kappa shape index (κ3) is 2.95. The summed E-state index contributed by atoms with van der Waals surface area (Å²) in [7, 11) is 0. The largest absolute Gasteiger partial charge is 0.471 e. The first-order valence-electron chi connectivity index (χ1n) is 8.11. The number of piperidine rings is 1. The fourth-order valence-electron chi connectivity index (χ4n) is 3.10. The molecule has 122 valence electrons. The van der Waals surface area contributed by atoms with Crippen LogP contribution in [0.15, 0.2) is 48.7 Å². The standard InChI is InChI=1S/C18H18N4O2/c23-18(16-11-13-5-1-2-7-15(13)20-16)22-10-4-6-14(12-22)24-17-8-3-9-19-21-17/h1-3,5,7-9,11,14,20H,4,6,10,12H2. The highest BCUT2D eigenvalue weighted by Crippen LogP contribution is 2.20. The molecule has 1 N–H and O–H groups in total. The molecule has 0 radical (unpaired) electrons. The van der Waals surface area contributed by atoms with Crippen LogP contribution in [0.3, 0.4) is 0 Å². The molecule has 24 heavy (non-hydrogen) atoms. The smallest absolute Gasteiger partial charge is 0.270 e.